The molecule has 0 unspecified atom stereocenters. The number of anilines is 1. The van der Waals surface area contributed by atoms with Gasteiger partial charge in [0.2, 0.25) is 5.89 Å². The Kier molecular flexibility index (Phi) is 5.30. The van der Waals surface area contributed by atoms with Crippen molar-refractivity contribution >= 4 is 11.9 Å². The second-order valence-electron chi connectivity index (χ2n) is 5.70. The molecule has 1 aliphatic rings. The maximum Gasteiger partial charge on any atom is 0.318 e. The molecule has 1 aliphatic heterocycles. The molecule has 2 heterocycles. The van der Waals surface area contributed by atoms with Crippen molar-refractivity contribution in [1.29, 1.82) is 0 Å². The SMILES string of the molecule is CCCc1nnc(N2CCN(C(=O)COc3ccccc3)CC2)o1. The van der Waals surface area contributed by atoms with E-state index in [0.717, 1.165) is 12.8 Å². The first kappa shape index (κ1) is 16.3. The van der Waals surface area contributed by atoms with Crippen LogP contribution in [0.2, 0.25) is 0 Å². The molecule has 1 aromatic carbocycles. The van der Waals surface area contributed by atoms with Crippen LogP contribution in [0.25, 0.3) is 0 Å². The van der Waals surface area contributed by atoms with Crippen molar-refractivity contribution in [2.75, 3.05) is 37.7 Å². The monoisotopic (exact) mass is 330 g/mol. The highest BCUT2D eigenvalue weighted by Crippen LogP contribution is 2.16. The van der Waals surface area contributed by atoms with Crippen molar-refractivity contribution in [3.63, 3.8) is 0 Å². The van der Waals surface area contributed by atoms with Gasteiger partial charge in [-0.1, -0.05) is 30.2 Å². The van der Waals surface area contributed by atoms with Gasteiger partial charge in [-0.2, -0.15) is 0 Å². The largest absolute Gasteiger partial charge is 0.484 e. The topological polar surface area (TPSA) is 71.7 Å². The number of carbonyl (C=O) groups excluding carboxylic acids is 1. The second-order valence-corrected chi connectivity index (χ2v) is 5.70. The lowest BCUT2D eigenvalue weighted by Crippen LogP contribution is -2.50. The van der Waals surface area contributed by atoms with Gasteiger partial charge in [0, 0.05) is 32.6 Å². The third-order valence-corrected chi connectivity index (χ3v) is 3.93. The lowest BCUT2D eigenvalue weighted by atomic mass is 10.3. The van der Waals surface area contributed by atoms with E-state index in [9.17, 15) is 4.79 Å². The predicted molar refractivity (Wildman–Crippen MR) is 89.0 cm³/mol. The number of rotatable bonds is 6. The minimum absolute atomic E-state index is 0.00398. The van der Waals surface area contributed by atoms with Crippen molar-refractivity contribution < 1.29 is 13.9 Å². The van der Waals surface area contributed by atoms with E-state index in [1.807, 2.05) is 40.1 Å². The number of piperazine rings is 1. The minimum Gasteiger partial charge on any atom is -0.484 e. The number of hydrogen-bond donors (Lipinski definition) is 0. The standard InChI is InChI=1S/C17H22N4O3/c1-2-6-15-18-19-17(24-15)21-11-9-20(10-12-21)16(22)13-23-14-7-4-3-5-8-14/h3-5,7-8H,2,6,9-13H2,1H3. The van der Waals surface area contributed by atoms with Crippen LogP contribution in [0.5, 0.6) is 5.75 Å². The van der Waals surface area contributed by atoms with E-state index in [1.54, 1.807) is 0 Å². The summed E-state index contributed by atoms with van der Waals surface area (Å²) < 4.78 is 11.2. The summed E-state index contributed by atoms with van der Waals surface area (Å²) in [6.07, 6.45) is 1.77. The summed E-state index contributed by atoms with van der Waals surface area (Å²) in [5.74, 6) is 1.37. The Labute approximate surface area is 141 Å². The quantitative estimate of drug-likeness (QED) is 0.803. The lowest BCUT2D eigenvalue weighted by Gasteiger charge is -2.33. The van der Waals surface area contributed by atoms with Gasteiger partial charge in [0.05, 0.1) is 0 Å². The Morgan fingerprint density at radius 2 is 1.92 bits per heavy atom. The summed E-state index contributed by atoms with van der Waals surface area (Å²) in [5, 5.41) is 8.12. The number of ether oxygens (including phenoxy) is 1. The third-order valence-electron chi connectivity index (χ3n) is 3.93. The molecule has 0 spiro atoms. The number of amides is 1. The van der Waals surface area contributed by atoms with Crippen LogP contribution in [0.3, 0.4) is 0 Å². The van der Waals surface area contributed by atoms with Gasteiger partial charge in [-0.25, -0.2) is 0 Å². The number of nitrogens with zero attached hydrogens (tertiary/aromatic N) is 4. The number of benzene rings is 1. The van der Waals surface area contributed by atoms with E-state index < -0.39 is 0 Å². The van der Waals surface area contributed by atoms with Gasteiger partial charge < -0.3 is 19.0 Å². The van der Waals surface area contributed by atoms with Crippen molar-refractivity contribution in [2.24, 2.45) is 0 Å². The molecular weight excluding hydrogens is 308 g/mol. The van der Waals surface area contributed by atoms with Crippen molar-refractivity contribution in [3.8, 4) is 5.75 Å². The number of hydrogen-bond acceptors (Lipinski definition) is 6. The zero-order valence-corrected chi connectivity index (χ0v) is 13.9. The summed E-state index contributed by atoms with van der Waals surface area (Å²) in [6, 6.07) is 9.91. The van der Waals surface area contributed by atoms with Crippen LogP contribution in [0.1, 0.15) is 19.2 Å². The summed E-state index contributed by atoms with van der Waals surface area (Å²) >= 11 is 0. The van der Waals surface area contributed by atoms with Crippen molar-refractivity contribution in [1.82, 2.24) is 15.1 Å². The second kappa shape index (κ2) is 7.81. The van der Waals surface area contributed by atoms with Gasteiger partial charge in [0.25, 0.3) is 5.91 Å². The van der Waals surface area contributed by atoms with Crippen LogP contribution >= 0.6 is 0 Å². The molecule has 1 saturated heterocycles. The molecule has 7 nitrogen and oxygen atoms in total. The van der Waals surface area contributed by atoms with Gasteiger partial charge >= 0.3 is 6.01 Å². The maximum absolute atomic E-state index is 12.2. The van der Waals surface area contributed by atoms with Crippen molar-refractivity contribution in [3.05, 3.63) is 36.2 Å². The highest BCUT2D eigenvalue weighted by molar-refractivity contribution is 5.78. The number of aromatic nitrogens is 2. The number of carbonyl (C=O) groups is 1. The minimum atomic E-state index is -0.00398. The van der Waals surface area contributed by atoms with E-state index in [4.69, 9.17) is 9.15 Å². The summed E-state index contributed by atoms with van der Waals surface area (Å²) in [5.41, 5.74) is 0. The van der Waals surface area contributed by atoms with Crippen LogP contribution in [0.15, 0.2) is 34.7 Å². The number of aryl methyl sites for hydroxylation is 1. The first-order valence-electron chi connectivity index (χ1n) is 8.29. The molecule has 0 saturated carbocycles. The van der Waals surface area contributed by atoms with Gasteiger partial charge in [-0.15, -0.1) is 5.10 Å². The zero-order valence-electron chi connectivity index (χ0n) is 13.9. The molecule has 1 fully saturated rings. The molecule has 2 aromatic rings. The Hall–Kier alpha value is -2.57. The van der Waals surface area contributed by atoms with E-state index in [2.05, 4.69) is 17.1 Å². The summed E-state index contributed by atoms with van der Waals surface area (Å²) in [7, 11) is 0. The zero-order chi connectivity index (χ0) is 16.8. The van der Waals surface area contributed by atoms with Gasteiger partial charge in [-0.3, -0.25) is 4.79 Å². The van der Waals surface area contributed by atoms with E-state index in [1.165, 1.54) is 0 Å². The molecule has 24 heavy (non-hydrogen) atoms. The van der Waals surface area contributed by atoms with Crippen LogP contribution in [0.4, 0.5) is 6.01 Å². The fraction of sp³-hybridized carbons (Fsp3) is 0.471. The van der Waals surface area contributed by atoms with Gasteiger partial charge in [0.15, 0.2) is 6.61 Å². The predicted octanol–water partition coefficient (Wildman–Crippen LogP) is 1.75. The molecular formula is C17H22N4O3. The highest BCUT2D eigenvalue weighted by Gasteiger charge is 2.24. The van der Waals surface area contributed by atoms with Crippen molar-refractivity contribution in [2.45, 2.75) is 19.8 Å². The number of para-hydroxylation sites is 1. The molecule has 0 atom stereocenters. The Morgan fingerprint density at radius 3 is 2.62 bits per heavy atom. The molecule has 7 heteroatoms. The third kappa shape index (κ3) is 4.04. The summed E-state index contributed by atoms with van der Waals surface area (Å²) in [6.45, 7) is 4.76. The Morgan fingerprint density at radius 1 is 1.17 bits per heavy atom. The molecule has 0 bridgehead atoms. The average molecular weight is 330 g/mol. The maximum atomic E-state index is 12.2. The molecule has 0 N–H and O–H groups in total. The molecule has 0 radical (unpaired) electrons. The van der Waals surface area contributed by atoms with E-state index in [-0.39, 0.29) is 12.5 Å². The highest BCUT2D eigenvalue weighted by atomic mass is 16.5. The fourth-order valence-corrected chi connectivity index (χ4v) is 2.59. The van der Waals surface area contributed by atoms with Crippen LogP contribution in [-0.4, -0.2) is 53.8 Å². The van der Waals surface area contributed by atoms with E-state index >= 15 is 0 Å². The normalized spacial score (nSPS) is 14.7. The molecule has 3 rings (SSSR count). The first-order valence-corrected chi connectivity index (χ1v) is 8.29. The first-order chi connectivity index (χ1) is 11.8. The molecule has 1 aromatic heterocycles. The van der Waals surface area contributed by atoms with Gasteiger partial charge in [0.1, 0.15) is 5.75 Å². The molecule has 128 valence electrons. The summed E-state index contributed by atoms with van der Waals surface area (Å²) in [4.78, 5) is 16.1. The molecule has 0 aliphatic carbocycles. The van der Waals surface area contributed by atoms with Crippen LogP contribution in [0, 0.1) is 0 Å². The fourth-order valence-electron chi connectivity index (χ4n) is 2.59. The Bertz CT molecular complexity index is 651. The smallest absolute Gasteiger partial charge is 0.318 e. The lowest BCUT2D eigenvalue weighted by molar-refractivity contribution is -0.133. The van der Waals surface area contributed by atoms with E-state index in [0.29, 0.717) is 43.8 Å². The van der Waals surface area contributed by atoms with Crippen LogP contribution < -0.4 is 9.64 Å². The Balaban J connectivity index is 1.46. The van der Waals surface area contributed by atoms with Gasteiger partial charge in [-0.05, 0) is 18.6 Å². The van der Waals surface area contributed by atoms with Crippen LogP contribution in [-0.2, 0) is 11.2 Å². The molecule has 1 amide bonds. The average Bonchev–Trinajstić information content (AvgIpc) is 3.10.